The van der Waals surface area contributed by atoms with Gasteiger partial charge in [-0.15, -0.1) is 0 Å². The summed E-state index contributed by atoms with van der Waals surface area (Å²) in [5, 5.41) is 4.55. The lowest BCUT2D eigenvalue weighted by Crippen LogP contribution is -2.52. The Hall–Kier alpha value is -3.11. The number of imide groups is 1. The van der Waals surface area contributed by atoms with Gasteiger partial charge in [-0.1, -0.05) is 0 Å². The molecule has 0 saturated carbocycles. The van der Waals surface area contributed by atoms with Crippen molar-refractivity contribution >= 4 is 34.4 Å². The largest absolute Gasteiger partial charge is 0.449 e. The van der Waals surface area contributed by atoms with E-state index in [4.69, 9.17) is 5.73 Å². The van der Waals surface area contributed by atoms with Crippen LogP contribution >= 0.6 is 0 Å². The smallest absolute Gasteiger partial charge is 0.398 e. The van der Waals surface area contributed by atoms with Gasteiger partial charge in [-0.2, -0.15) is 13.2 Å². The van der Waals surface area contributed by atoms with E-state index >= 15 is 0 Å². The zero-order chi connectivity index (χ0) is 19.1. The number of nitrogen functional groups attached to an aromatic ring is 1. The Morgan fingerprint density at radius 2 is 2.08 bits per heavy atom. The van der Waals surface area contributed by atoms with Crippen LogP contribution in [0.15, 0.2) is 12.1 Å². The van der Waals surface area contributed by atoms with E-state index in [1.54, 1.807) is 0 Å². The average molecular weight is 369 g/mol. The van der Waals surface area contributed by atoms with E-state index in [2.05, 4.69) is 20.6 Å². The molecular weight excluding hydrogens is 355 g/mol. The maximum Gasteiger partial charge on any atom is 0.449 e. The molecule has 1 aromatic carbocycles. The van der Waals surface area contributed by atoms with Crippen molar-refractivity contribution in [3.05, 3.63) is 23.5 Å². The normalized spacial score (nSPS) is 18.0. The first-order valence-corrected chi connectivity index (χ1v) is 7.62. The summed E-state index contributed by atoms with van der Waals surface area (Å²) in [7, 11) is 0. The average Bonchev–Trinajstić information content (AvgIpc) is 2.98. The van der Waals surface area contributed by atoms with Crippen LogP contribution in [0.4, 0.5) is 18.9 Å². The minimum Gasteiger partial charge on any atom is -0.398 e. The van der Waals surface area contributed by atoms with Crippen molar-refractivity contribution in [2.24, 2.45) is 0 Å². The molecule has 1 aliphatic heterocycles. The van der Waals surface area contributed by atoms with Crippen LogP contribution in [0.2, 0.25) is 0 Å². The first kappa shape index (κ1) is 17.7. The van der Waals surface area contributed by atoms with Crippen molar-refractivity contribution < 1.29 is 27.6 Å². The van der Waals surface area contributed by atoms with Gasteiger partial charge in [0.25, 0.3) is 0 Å². The molecule has 1 fully saturated rings. The lowest BCUT2D eigenvalue weighted by atomic mass is 10.0. The number of benzene rings is 1. The van der Waals surface area contributed by atoms with Crippen LogP contribution in [-0.4, -0.2) is 33.7 Å². The molecule has 26 heavy (non-hydrogen) atoms. The molecule has 5 N–H and O–H groups in total. The van der Waals surface area contributed by atoms with E-state index in [0.29, 0.717) is 0 Å². The van der Waals surface area contributed by atoms with E-state index in [0.717, 1.165) is 0 Å². The number of aromatic nitrogens is 2. The minimum absolute atomic E-state index is 0.0595. The number of nitrogens with two attached hydrogens (primary N) is 1. The number of amides is 3. The topological polar surface area (TPSA) is 130 Å². The number of nitrogens with one attached hydrogen (secondary N) is 3. The summed E-state index contributed by atoms with van der Waals surface area (Å²) >= 11 is 0. The SMILES string of the molecule is Nc1ccc2[nH]c(C(F)(F)F)nc2c1CC(=O)NC1CCC(=O)NC1=O. The summed E-state index contributed by atoms with van der Waals surface area (Å²) in [4.78, 5) is 40.6. The lowest BCUT2D eigenvalue weighted by Gasteiger charge is -2.21. The van der Waals surface area contributed by atoms with Gasteiger partial charge < -0.3 is 16.0 Å². The number of H-pyrrole nitrogens is 1. The van der Waals surface area contributed by atoms with E-state index in [9.17, 15) is 27.6 Å². The monoisotopic (exact) mass is 369 g/mol. The third kappa shape index (κ3) is 3.46. The van der Waals surface area contributed by atoms with Gasteiger partial charge in [0.2, 0.25) is 23.5 Å². The van der Waals surface area contributed by atoms with Crippen LogP contribution in [0.25, 0.3) is 11.0 Å². The molecule has 1 saturated heterocycles. The number of imidazole rings is 1. The fourth-order valence-corrected chi connectivity index (χ4v) is 2.71. The second-order valence-electron chi connectivity index (χ2n) is 5.86. The lowest BCUT2D eigenvalue weighted by molar-refractivity contribution is -0.144. The summed E-state index contributed by atoms with van der Waals surface area (Å²) in [5.74, 6) is -2.86. The highest BCUT2D eigenvalue weighted by molar-refractivity contribution is 6.02. The highest BCUT2D eigenvalue weighted by Gasteiger charge is 2.35. The predicted octanol–water partition coefficient (Wildman–Crippen LogP) is 0.628. The van der Waals surface area contributed by atoms with Crippen LogP contribution in [0.5, 0.6) is 0 Å². The molecule has 0 radical (unpaired) electrons. The van der Waals surface area contributed by atoms with Gasteiger partial charge in [-0.3, -0.25) is 19.7 Å². The summed E-state index contributed by atoms with van der Waals surface area (Å²) in [6.07, 6.45) is -4.79. The van der Waals surface area contributed by atoms with Gasteiger partial charge in [0.1, 0.15) is 6.04 Å². The molecule has 1 aromatic heterocycles. The van der Waals surface area contributed by atoms with Crippen molar-refractivity contribution in [2.75, 3.05) is 5.73 Å². The molecule has 11 heteroatoms. The van der Waals surface area contributed by atoms with Crippen LogP contribution in [0.1, 0.15) is 24.2 Å². The van der Waals surface area contributed by atoms with Gasteiger partial charge in [0.05, 0.1) is 17.5 Å². The van der Waals surface area contributed by atoms with Gasteiger partial charge in [0, 0.05) is 17.7 Å². The summed E-state index contributed by atoms with van der Waals surface area (Å²) in [6.45, 7) is 0. The van der Waals surface area contributed by atoms with Crippen molar-refractivity contribution in [1.29, 1.82) is 0 Å². The number of alkyl halides is 3. The maximum atomic E-state index is 12.8. The summed E-state index contributed by atoms with van der Waals surface area (Å²) < 4.78 is 38.5. The second kappa shape index (κ2) is 6.32. The van der Waals surface area contributed by atoms with E-state index in [1.807, 2.05) is 0 Å². The first-order valence-electron chi connectivity index (χ1n) is 7.62. The minimum atomic E-state index is -4.67. The standard InChI is InChI=1S/C15H14F3N5O3/c16-15(17,18)14-21-8-2-1-7(19)6(12(8)23-14)5-11(25)20-9-3-4-10(24)22-13(9)26/h1-2,9H,3-5,19H2,(H,20,25)(H,21,23)(H,22,24,26). The van der Waals surface area contributed by atoms with Crippen molar-refractivity contribution in [1.82, 2.24) is 20.6 Å². The molecule has 0 bridgehead atoms. The number of anilines is 1. The quantitative estimate of drug-likeness (QED) is 0.466. The zero-order valence-corrected chi connectivity index (χ0v) is 13.2. The van der Waals surface area contributed by atoms with Crippen LogP contribution in [0, 0.1) is 0 Å². The Bertz CT molecular complexity index is 906. The Morgan fingerprint density at radius 3 is 2.73 bits per heavy atom. The molecule has 1 aliphatic rings. The Labute approximate surface area is 144 Å². The molecule has 0 aliphatic carbocycles. The number of carbonyl (C=O) groups excluding carboxylic acids is 3. The number of fused-ring (bicyclic) bond motifs is 1. The van der Waals surface area contributed by atoms with Crippen LogP contribution in [-0.2, 0) is 27.0 Å². The fourth-order valence-electron chi connectivity index (χ4n) is 2.71. The molecule has 138 valence electrons. The molecule has 2 aromatic rings. The molecule has 3 amide bonds. The van der Waals surface area contributed by atoms with Gasteiger partial charge >= 0.3 is 6.18 Å². The van der Waals surface area contributed by atoms with Crippen LogP contribution < -0.4 is 16.4 Å². The second-order valence-corrected chi connectivity index (χ2v) is 5.86. The number of halogens is 3. The highest BCUT2D eigenvalue weighted by Crippen LogP contribution is 2.31. The van der Waals surface area contributed by atoms with Crippen molar-refractivity contribution in [3.63, 3.8) is 0 Å². The van der Waals surface area contributed by atoms with Crippen molar-refractivity contribution in [3.8, 4) is 0 Å². The molecule has 8 nitrogen and oxygen atoms in total. The molecule has 2 heterocycles. The number of aromatic amines is 1. The van der Waals surface area contributed by atoms with Gasteiger partial charge in [-0.05, 0) is 18.6 Å². The van der Waals surface area contributed by atoms with Crippen molar-refractivity contribution in [2.45, 2.75) is 31.5 Å². The number of hydrogen-bond acceptors (Lipinski definition) is 5. The number of carbonyl (C=O) groups is 3. The molecular formula is C15H14F3N5O3. The maximum absolute atomic E-state index is 12.8. The number of rotatable bonds is 3. The molecule has 1 atom stereocenters. The fraction of sp³-hybridized carbons (Fsp3) is 0.333. The number of hydrogen-bond donors (Lipinski definition) is 4. The molecule has 0 spiro atoms. The number of nitrogens with zero attached hydrogens (tertiary/aromatic N) is 1. The van der Waals surface area contributed by atoms with Gasteiger partial charge in [-0.25, -0.2) is 4.98 Å². The summed E-state index contributed by atoms with van der Waals surface area (Å²) in [5.41, 5.74) is 6.06. The van der Waals surface area contributed by atoms with E-state index in [-0.39, 0.29) is 41.5 Å². The highest BCUT2D eigenvalue weighted by atomic mass is 19.4. The Kier molecular flexibility index (Phi) is 4.30. The molecule has 3 rings (SSSR count). The van der Waals surface area contributed by atoms with E-state index < -0.39 is 35.8 Å². The van der Waals surface area contributed by atoms with Gasteiger partial charge in [0.15, 0.2) is 0 Å². The van der Waals surface area contributed by atoms with Crippen LogP contribution in [0.3, 0.4) is 0 Å². The third-order valence-electron chi connectivity index (χ3n) is 3.98. The molecule has 1 unspecified atom stereocenters. The zero-order valence-electron chi connectivity index (χ0n) is 13.2. The Balaban J connectivity index is 1.82. The first-order chi connectivity index (χ1) is 12.1. The summed E-state index contributed by atoms with van der Waals surface area (Å²) in [6, 6.07) is 1.83. The predicted molar refractivity (Wildman–Crippen MR) is 83.5 cm³/mol. The number of piperidine rings is 1. The Morgan fingerprint density at radius 1 is 1.35 bits per heavy atom. The van der Waals surface area contributed by atoms with E-state index in [1.165, 1.54) is 12.1 Å². The third-order valence-corrected chi connectivity index (χ3v) is 3.98.